The summed E-state index contributed by atoms with van der Waals surface area (Å²) in [4.78, 5) is 15.4. The topological polar surface area (TPSA) is 38.8 Å². The zero-order valence-electron chi connectivity index (χ0n) is 18.6. The number of halogens is 1. The SMILES string of the molecule is CC(C)(C)Oc1ccc(C(=O)N(Cc2ccc(F)cc2)[C@@H]2CCOC(C)(C)C2)cc1. The van der Waals surface area contributed by atoms with Gasteiger partial charge in [-0.05, 0) is 89.4 Å². The molecule has 1 amide bonds. The Hall–Kier alpha value is -2.40. The van der Waals surface area contributed by atoms with Crippen molar-refractivity contribution in [1.82, 2.24) is 4.90 Å². The van der Waals surface area contributed by atoms with Gasteiger partial charge in [0.05, 0.1) is 5.60 Å². The smallest absolute Gasteiger partial charge is 0.254 e. The summed E-state index contributed by atoms with van der Waals surface area (Å²) in [7, 11) is 0. The van der Waals surface area contributed by atoms with E-state index in [2.05, 4.69) is 13.8 Å². The molecule has 5 heteroatoms. The third-order valence-corrected chi connectivity index (χ3v) is 5.16. The van der Waals surface area contributed by atoms with Crippen LogP contribution in [0.5, 0.6) is 5.75 Å². The molecule has 30 heavy (non-hydrogen) atoms. The summed E-state index contributed by atoms with van der Waals surface area (Å²) in [6.45, 7) is 11.1. The Labute approximate surface area is 179 Å². The van der Waals surface area contributed by atoms with Crippen molar-refractivity contribution in [3.8, 4) is 5.75 Å². The van der Waals surface area contributed by atoms with Gasteiger partial charge in [-0.25, -0.2) is 4.39 Å². The minimum Gasteiger partial charge on any atom is -0.488 e. The molecule has 1 fully saturated rings. The third-order valence-electron chi connectivity index (χ3n) is 5.16. The Morgan fingerprint density at radius 3 is 2.33 bits per heavy atom. The summed E-state index contributed by atoms with van der Waals surface area (Å²) in [5.41, 5.74) is 0.937. The van der Waals surface area contributed by atoms with Crippen LogP contribution in [0, 0.1) is 5.82 Å². The van der Waals surface area contributed by atoms with Crippen LogP contribution < -0.4 is 4.74 Å². The normalized spacial score (nSPS) is 18.7. The van der Waals surface area contributed by atoms with E-state index in [-0.39, 0.29) is 29.0 Å². The number of benzene rings is 2. The molecule has 0 spiro atoms. The van der Waals surface area contributed by atoms with Gasteiger partial charge in [-0.15, -0.1) is 0 Å². The molecule has 0 N–H and O–H groups in total. The van der Waals surface area contributed by atoms with E-state index >= 15 is 0 Å². The predicted octanol–water partition coefficient (Wildman–Crippen LogP) is 5.60. The predicted molar refractivity (Wildman–Crippen MR) is 116 cm³/mol. The molecule has 0 saturated carbocycles. The van der Waals surface area contributed by atoms with Crippen LogP contribution in [-0.4, -0.2) is 34.7 Å². The average molecular weight is 414 g/mol. The van der Waals surface area contributed by atoms with Crippen LogP contribution in [0.1, 0.15) is 63.4 Å². The number of nitrogens with zero attached hydrogens (tertiary/aromatic N) is 1. The molecule has 162 valence electrons. The number of hydrogen-bond donors (Lipinski definition) is 0. The largest absolute Gasteiger partial charge is 0.488 e. The minimum atomic E-state index is -0.298. The van der Waals surface area contributed by atoms with Crippen LogP contribution in [0.2, 0.25) is 0 Å². The molecule has 0 aromatic heterocycles. The van der Waals surface area contributed by atoms with Gasteiger partial charge in [0.25, 0.3) is 5.91 Å². The highest BCUT2D eigenvalue weighted by molar-refractivity contribution is 5.94. The molecule has 1 heterocycles. The quantitative estimate of drug-likeness (QED) is 0.640. The van der Waals surface area contributed by atoms with E-state index < -0.39 is 0 Å². The molecule has 1 atom stereocenters. The van der Waals surface area contributed by atoms with Crippen molar-refractivity contribution in [2.45, 2.75) is 71.2 Å². The highest BCUT2D eigenvalue weighted by Crippen LogP contribution is 2.30. The van der Waals surface area contributed by atoms with Gasteiger partial charge in [-0.3, -0.25) is 4.79 Å². The first-order valence-corrected chi connectivity index (χ1v) is 10.5. The van der Waals surface area contributed by atoms with E-state index in [1.165, 1.54) is 12.1 Å². The fraction of sp³-hybridized carbons (Fsp3) is 0.480. The highest BCUT2D eigenvalue weighted by atomic mass is 19.1. The van der Waals surface area contributed by atoms with Crippen LogP contribution in [0.4, 0.5) is 4.39 Å². The number of carbonyl (C=O) groups excluding carboxylic acids is 1. The molecule has 0 unspecified atom stereocenters. The third kappa shape index (κ3) is 6.05. The molecule has 2 aromatic rings. The first-order chi connectivity index (χ1) is 14.0. The summed E-state index contributed by atoms with van der Waals surface area (Å²) in [5, 5.41) is 0. The maximum atomic E-state index is 13.5. The van der Waals surface area contributed by atoms with Gasteiger partial charge < -0.3 is 14.4 Å². The van der Waals surface area contributed by atoms with Crippen LogP contribution >= 0.6 is 0 Å². The van der Waals surface area contributed by atoms with Crippen molar-refractivity contribution in [1.29, 1.82) is 0 Å². The number of hydrogen-bond acceptors (Lipinski definition) is 3. The Kier molecular flexibility index (Phi) is 6.51. The van der Waals surface area contributed by atoms with E-state index in [1.54, 1.807) is 12.1 Å². The van der Waals surface area contributed by atoms with Crippen molar-refractivity contribution >= 4 is 5.91 Å². The fourth-order valence-electron chi connectivity index (χ4n) is 3.80. The molecule has 0 radical (unpaired) electrons. The monoisotopic (exact) mass is 413 g/mol. The van der Waals surface area contributed by atoms with Crippen molar-refractivity contribution < 1.29 is 18.7 Å². The van der Waals surface area contributed by atoms with Gasteiger partial charge in [0.1, 0.15) is 17.2 Å². The molecular formula is C25H32FNO3. The lowest BCUT2D eigenvalue weighted by atomic mass is 9.92. The van der Waals surface area contributed by atoms with Crippen molar-refractivity contribution in [3.63, 3.8) is 0 Å². The Bertz CT molecular complexity index is 853. The number of rotatable bonds is 5. The molecule has 1 aliphatic rings. The van der Waals surface area contributed by atoms with Crippen molar-refractivity contribution in [2.24, 2.45) is 0 Å². The number of ether oxygens (including phenoxy) is 2. The lowest BCUT2D eigenvalue weighted by molar-refractivity contribution is -0.0792. The second-order valence-corrected chi connectivity index (χ2v) is 9.55. The van der Waals surface area contributed by atoms with Gasteiger partial charge in [-0.1, -0.05) is 12.1 Å². The molecule has 1 aliphatic heterocycles. The van der Waals surface area contributed by atoms with Gasteiger partial charge in [-0.2, -0.15) is 0 Å². The maximum absolute atomic E-state index is 13.5. The van der Waals surface area contributed by atoms with Gasteiger partial charge in [0.15, 0.2) is 0 Å². The standard InChI is InChI=1S/C25H32FNO3/c1-24(2,3)30-22-12-8-19(9-13-22)23(28)27(17-18-6-10-20(26)11-7-18)21-14-15-29-25(4,5)16-21/h6-13,21H,14-17H2,1-5H3/t21-/m1/s1. The maximum Gasteiger partial charge on any atom is 0.254 e. The summed E-state index contributed by atoms with van der Waals surface area (Å²) in [6, 6.07) is 13.7. The molecule has 1 saturated heterocycles. The lowest BCUT2D eigenvalue weighted by Crippen LogP contribution is -2.48. The zero-order chi connectivity index (χ0) is 21.9. The molecule has 0 bridgehead atoms. The van der Waals surface area contributed by atoms with Crippen LogP contribution in [-0.2, 0) is 11.3 Å². The molecule has 3 rings (SSSR count). The van der Waals surface area contributed by atoms with Gasteiger partial charge >= 0.3 is 0 Å². The van der Waals surface area contributed by atoms with E-state index in [4.69, 9.17) is 9.47 Å². The summed E-state index contributed by atoms with van der Waals surface area (Å²) < 4.78 is 25.1. The Balaban J connectivity index is 1.84. The minimum absolute atomic E-state index is 0.0377. The second-order valence-electron chi connectivity index (χ2n) is 9.55. The number of carbonyl (C=O) groups is 1. The van der Waals surface area contributed by atoms with Crippen LogP contribution in [0.3, 0.4) is 0 Å². The van der Waals surface area contributed by atoms with E-state index in [1.807, 2.05) is 49.9 Å². The van der Waals surface area contributed by atoms with Gasteiger partial charge in [0, 0.05) is 24.8 Å². The van der Waals surface area contributed by atoms with E-state index in [0.717, 1.165) is 24.2 Å². The van der Waals surface area contributed by atoms with E-state index in [9.17, 15) is 9.18 Å². The highest BCUT2D eigenvalue weighted by Gasteiger charge is 2.34. The molecule has 4 nitrogen and oxygen atoms in total. The summed E-state index contributed by atoms with van der Waals surface area (Å²) >= 11 is 0. The Morgan fingerprint density at radius 1 is 1.13 bits per heavy atom. The summed E-state index contributed by atoms with van der Waals surface area (Å²) in [6.07, 6.45) is 1.53. The van der Waals surface area contributed by atoms with E-state index in [0.29, 0.717) is 18.7 Å². The molecule has 2 aromatic carbocycles. The molecule has 0 aliphatic carbocycles. The van der Waals surface area contributed by atoms with Gasteiger partial charge in [0.2, 0.25) is 0 Å². The zero-order valence-corrected chi connectivity index (χ0v) is 18.6. The number of amides is 1. The average Bonchev–Trinajstić information content (AvgIpc) is 2.65. The van der Waals surface area contributed by atoms with Crippen LogP contribution in [0.25, 0.3) is 0 Å². The molecular weight excluding hydrogens is 381 g/mol. The fourth-order valence-corrected chi connectivity index (χ4v) is 3.80. The first kappa shape index (κ1) is 22.3. The van der Waals surface area contributed by atoms with Crippen LogP contribution in [0.15, 0.2) is 48.5 Å². The van der Waals surface area contributed by atoms with Crippen molar-refractivity contribution in [2.75, 3.05) is 6.61 Å². The lowest BCUT2D eigenvalue weighted by Gasteiger charge is -2.41. The second kappa shape index (κ2) is 8.76. The van der Waals surface area contributed by atoms with Crippen molar-refractivity contribution in [3.05, 3.63) is 65.5 Å². The first-order valence-electron chi connectivity index (χ1n) is 10.5. The summed E-state index contributed by atoms with van der Waals surface area (Å²) in [5.74, 6) is 0.416. The Morgan fingerprint density at radius 2 is 1.77 bits per heavy atom.